The van der Waals surface area contributed by atoms with E-state index in [9.17, 15) is 0 Å². The summed E-state index contributed by atoms with van der Waals surface area (Å²) in [6.07, 6.45) is 23.9. The average Bonchev–Trinajstić information content (AvgIpc) is 3.45. The molecule has 0 aromatic heterocycles. The fraction of sp³-hybridized carbons (Fsp3) is 0.391. The van der Waals surface area contributed by atoms with Gasteiger partial charge in [0.2, 0.25) is 0 Å². The van der Waals surface area contributed by atoms with Crippen molar-refractivity contribution in [3.05, 3.63) is 121 Å². The molecule has 0 spiro atoms. The molecular weight excluding hydrogens is 553 g/mol. The molecule has 0 radical (unpaired) electrons. The maximum absolute atomic E-state index is 2.75. The van der Waals surface area contributed by atoms with Gasteiger partial charge in [-0.05, 0) is 168 Å². The van der Waals surface area contributed by atoms with Crippen LogP contribution in [0.4, 0.5) is 0 Å². The zero-order chi connectivity index (χ0) is 30.7. The predicted molar refractivity (Wildman–Crippen MR) is 193 cm³/mol. The molecule has 3 aromatic rings. The first kappa shape index (κ1) is 26.4. The molecule has 5 unspecified atom stereocenters. The fourth-order valence-electron chi connectivity index (χ4n) is 12.4. The monoisotopic (exact) mass is 596 g/mol. The normalized spacial score (nSPS) is 31.3. The Balaban J connectivity index is 1.19. The topological polar surface area (TPSA) is 0 Å². The van der Waals surface area contributed by atoms with Crippen molar-refractivity contribution in [1.29, 1.82) is 0 Å². The second kappa shape index (κ2) is 8.63. The van der Waals surface area contributed by atoms with Crippen molar-refractivity contribution in [1.82, 2.24) is 0 Å². The number of allylic oxidation sites excluding steroid dienone is 8. The van der Waals surface area contributed by atoms with E-state index >= 15 is 0 Å². The van der Waals surface area contributed by atoms with Crippen LogP contribution < -0.4 is 20.9 Å². The van der Waals surface area contributed by atoms with Crippen LogP contribution in [0.3, 0.4) is 0 Å². The first-order valence-corrected chi connectivity index (χ1v) is 18.3. The van der Waals surface area contributed by atoms with Crippen molar-refractivity contribution in [2.45, 2.75) is 84.0 Å². The highest BCUT2D eigenvalue weighted by Gasteiger charge is 2.57. The van der Waals surface area contributed by atoms with Crippen LogP contribution in [0.15, 0.2) is 83.5 Å². The van der Waals surface area contributed by atoms with E-state index in [-0.39, 0.29) is 10.8 Å². The first-order chi connectivity index (χ1) is 22.3. The summed E-state index contributed by atoms with van der Waals surface area (Å²) in [5.74, 6) is 3.14. The molecule has 3 aromatic carbocycles. The highest BCUT2D eigenvalue weighted by molar-refractivity contribution is 5.98. The molecule has 228 valence electrons. The Morgan fingerprint density at radius 3 is 2.52 bits per heavy atom. The second-order valence-electron chi connectivity index (χ2n) is 17.0. The summed E-state index contributed by atoms with van der Waals surface area (Å²) in [5, 5.41) is 9.21. The summed E-state index contributed by atoms with van der Waals surface area (Å²) < 4.78 is 0. The van der Waals surface area contributed by atoms with Crippen LogP contribution in [0.2, 0.25) is 0 Å². The van der Waals surface area contributed by atoms with Gasteiger partial charge in [0.15, 0.2) is 0 Å². The van der Waals surface area contributed by atoms with Crippen molar-refractivity contribution in [3.8, 4) is 0 Å². The SMILES string of the molecule is CC1(C)C2=C(CC3C(=C2)C2=c4ccccc4=C4C5=CC=CCC5CCC4C2C3(C)C)c2c1cc1ccc3c4c1c2=CCC4CCC=3. The third-order valence-electron chi connectivity index (χ3n) is 14.4. The van der Waals surface area contributed by atoms with Gasteiger partial charge < -0.3 is 0 Å². The molecule has 2 fully saturated rings. The van der Waals surface area contributed by atoms with Crippen LogP contribution in [0.1, 0.15) is 95.2 Å². The van der Waals surface area contributed by atoms with E-state index < -0.39 is 0 Å². The molecular formula is C46H44. The van der Waals surface area contributed by atoms with Crippen LogP contribution in [-0.4, -0.2) is 0 Å². The molecule has 8 aliphatic rings. The summed E-state index contributed by atoms with van der Waals surface area (Å²) >= 11 is 0. The molecule has 11 rings (SSSR count). The van der Waals surface area contributed by atoms with Crippen molar-refractivity contribution in [2.75, 3.05) is 0 Å². The molecule has 0 heterocycles. The van der Waals surface area contributed by atoms with Crippen molar-refractivity contribution in [2.24, 2.45) is 29.1 Å². The highest BCUT2D eigenvalue weighted by Crippen LogP contribution is 2.66. The number of hydrogen-bond acceptors (Lipinski definition) is 0. The van der Waals surface area contributed by atoms with E-state index in [1.54, 1.807) is 60.7 Å². The quantitative estimate of drug-likeness (QED) is 0.245. The lowest BCUT2D eigenvalue weighted by atomic mass is 9.58. The number of rotatable bonds is 0. The lowest BCUT2D eigenvalue weighted by Crippen LogP contribution is -2.45. The maximum atomic E-state index is 2.75. The smallest absolute Gasteiger partial charge is 0.0156 e. The van der Waals surface area contributed by atoms with Crippen LogP contribution in [0.25, 0.3) is 39.6 Å². The molecule has 46 heavy (non-hydrogen) atoms. The Morgan fingerprint density at radius 2 is 1.65 bits per heavy atom. The lowest BCUT2D eigenvalue weighted by Gasteiger charge is -2.45. The summed E-state index contributed by atoms with van der Waals surface area (Å²) in [6, 6.07) is 17.0. The lowest BCUT2D eigenvalue weighted by molar-refractivity contribution is 0.169. The molecule has 0 nitrogen and oxygen atoms in total. The Hall–Kier alpha value is -3.64. The van der Waals surface area contributed by atoms with Crippen molar-refractivity contribution in [3.63, 3.8) is 0 Å². The van der Waals surface area contributed by atoms with Gasteiger partial charge in [-0.15, -0.1) is 0 Å². The second-order valence-corrected chi connectivity index (χ2v) is 17.0. The molecule has 0 N–H and O–H groups in total. The van der Waals surface area contributed by atoms with Gasteiger partial charge in [-0.3, -0.25) is 0 Å². The number of hydrogen-bond donors (Lipinski definition) is 0. The van der Waals surface area contributed by atoms with Gasteiger partial charge in [0.05, 0.1) is 0 Å². The third kappa shape index (κ3) is 3.04. The van der Waals surface area contributed by atoms with Gasteiger partial charge >= 0.3 is 0 Å². The zero-order valence-electron chi connectivity index (χ0n) is 27.8. The van der Waals surface area contributed by atoms with Gasteiger partial charge in [-0.2, -0.15) is 0 Å². The van der Waals surface area contributed by atoms with Gasteiger partial charge in [0.1, 0.15) is 0 Å². The maximum Gasteiger partial charge on any atom is 0.0156 e. The van der Waals surface area contributed by atoms with Crippen LogP contribution in [0.5, 0.6) is 0 Å². The van der Waals surface area contributed by atoms with Gasteiger partial charge in [0.25, 0.3) is 0 Å². The van der Waals surface area contributed by atoms with E-state index in [2.05, 4.69) is 107 Å². The van der Waals surface area contributed by atoms with Gasteiger partial charge in [-0.1, -0.05) is 101 Å². The Labute approximate surface area is 273 Å². The average molecular weight is 597 g/mol. The van der Waals surface area contributed by atoms with Crippen molar-refractivity contribution >= 4 is 39.6 Å². The molecule has 0 bridgehead atoms. The largest absolute Gasteiger partial charge is 0.0839 e. The Bertz CT molecular complexity index is 2360. The zero-order valence-corrected chi connectivity index (χ0v) is 27.8. The van der Waals surface area contributed by atoms with E-state index in [4.69, 9.17) is 0 Å². The highest BCUT2D eigenvalue weighted by atomic mass is 14.6. The summed E-state index contributed by atoms with van der Waals surface area (Å²) in [6.45, 7) is 10.3. The molecule has 0 aliphatic heterocycles. The van der Waals surface area contributed by atoms with E-state index in [1.165, 1.54) is 66.0 Å². The summed E-state index contributed by atoms with van der Waals surface area (Å²) in [7, 11) is 0. The molecule has 8 aliphatic carbocycles. The molecule has 2 saturated carbocycles. The van der Waals surface area contributed by atoms with Gasteiger partial charge in [-0.25, -0.2) is 0 Å². The van der Waals surface area contributed by atoms with Gasteiger partial charge in [0, 0.05) is 5.41 Å². The Morgan fingerprint density at radius 1 is 0.804 bits per heavy atom. The predicted octanol–water partition coefficient (Wildman–Crippen LogP) is 8.26. The third-order valence-corrected chi connectivity index (χ3v) is 14.4. The molecule has 0 amide bonds. The van der Waals surface area contributed by atoms with Crippen LogP contribution >= 0.6 is 0 Å². The minimum absolute atomic E-state index is 0.00556. The first-order valence-electron chi connectivity index (χ1n) is 18.3. The fourth-order valence-corrected chi connectivity index (χ4v) is 12.4. The number of benzene rings is 3. The molecule has 5 atom stereocenters. The summed E-state index contributed by atoms with van der Waals surface area (Å²) in [5.41, 5.74) is 15.1. The number of fused-ring (bicyclic) bond motifs is 11. The molecule has 0 heteroatoms. The van der Waals surface area contributed by atoms with Crippen molar-refractivity contribution < 1.29 is 0 Å². The Kier molecular flexibility index (Phi) is 4.96. The van der Waals surface area contributed by atoms with Crippen LogP contribution in [-0.2, 0) is 5.41 Å². The minimum atomic E-state index is 0.00556. The van der Waals surface area contributed by atoms with E-state index in [0.717, 1.165) is 0 Å². The minimum Gasteiger partial charge on any atom is -0.0839 e. The van der Waals surface area contributed by atoms with E-state index in [1.807, 2.05) is 0 Å². The standard InChI is InChI=1S/C46H44/c1-45(2)36-24-35-37(23-34(36)42-32-20-19-27-12-9-11-26-16-17-28(22-38(42)45)40(32)39(26)27)46(3,4)44-33-21-18-25-10-5-6-13-29(25)41(33)30-14-7-8-15-31(30)43(35)44/h5-8,11,13-17,20,22,24-25,27,33,37,44H,9-10,12,18-19,21,23H2,1-4H3. The van der Waals surface area contributed by atoms with Crippen LogP contribution in [0, 0.1) is 29.1 Å². The summed E-state index contributed by atoms with van der Waals surface area (Å²) in [4.78, 5) is 0. The van der Waals surface area contributed by atoms with E-state index in [0.29, 0.717) is 29.6 Å². The molecule has 0 saturated heterocycles.